The lowest BCUT2D eigenvalue weighted by Crippen LogP contribution is -2.60. The zero-order chi connectivity index (χ0) is 22.6. The molecular weight excluding hydrogens is 421 g/mol. The Labute approximate surface area is 180 Å². The first-order chi connectivity index (χ1) is 14.5. The van der Waals surface area contributed by atoms with Gasteiger partial charge in [-0.15, -0.1) is 0 Å². The number of halogens is 1. The number of likely N-dealkylation sites (N-methyl/N-ethyl adjacent to an activating group) is 1. The Hall–Kier alpha value is -2.60. The topological polar surface area (TPSA) is 118 Å². The summed E-state index contributed by atoms with van der Waals surface area (Å²) < 4.78 is 42.7. The first-order valence-electron chi connectivity index (χ1n) is 9.80. The van der Waals surface area contributed by atoms with Gasteiger partial charge in [-0.1, -0.05) is 0 Å². The van der Waals surface area contributed by atoms with Gasteiger partial charge >= 0.3 is 0 Å². The van der Waals surface area contributed by atoms with Crippen LogP contribution in [0.25, 0.3) is 5.65 Å². The summed E-state index contributed by atoms with van der Waals surface area (Å²) in [5.74, 6) is 0.0480. The van der Waals surface area contributed by atoms with Crippen molar-refractivity contribution in [2.45, 2.75) is 37.2 Å². The fourth-order valence-corrected chi connectivity index (χ4v) is 5.53. The summed E-state index contributed by atoms with van der Waals surface area (Å²) in [6.07, 6.45) is 5.96. The lowest BCUT2D eigenvalue weighted by atomic mass is 9.89. The lowest BCUT2D eigenvalue weighted by Gasteiger charge is -2.35. The molecule has 4 N–H and O–H groups in total. The highest BCUT2D eigenvalue weighted by Gasteiger charge is 2.50. The summed E-state index contributed by atoms with van der Waals surface area (Å²) >= 11 is 0. The maximum atomic E-state index is 15.0. The molecule has 0 spiro atoms. The molecule has 1 unspecified atom stereocenters. The zero-order valence-electron chi connectivity index (χ0n) is 17.8. The first kappa shape index (κ1) is 21.6. The fourth-order valence-electron chi connectivity index (χ4n) is 3.92. The molecule has 0 aliphatic carbocycles. The van der Waals surface area contributed by atoms with Gasteiger partial charge in [-0.2, -0.15) is 0 Å². The highest BCUT2D eigenvalue weighted by molar-refractivity contribution is 7.90. The van der Waals surface area contributed by atoms with E-state index in [1.807, 2.05) is 4.40 Å². The van der Waals surface area contributed by atoms with Gasteiger partial charge in [-0.3, -0.25) is 5.32 Å². The third-order valence-corrected chi connectivity index (χ3v) is 8.51. The van der Waals surface area contributed by atoms with Gasteiger partial charge in [0.05, 0.1) is 11.7 Å². The number of anilines is 2. The Morgan fingerprint density at radius 2 is 1.90 bits per heavy atom. The number of fused-ring (bicyclic) bond motifs is 1. The summed E-state index contributed by atoms with van der Waals surface area (Å²) in [6.45, 7) is 4.89. The van der Waals surface area contributed by atoms with E-state index in [9.17, 15) is 8.42 Å². The molecule has 9 nitrogen and oxygen atoms in total. The van der Waals surface area contributed by atoms with Crippen LogP contribution >= 0.6 is 0 Å². The molecule has 31 heavy (non-hydrogen) atoms. The highest BCUT2D eigenvalue weighted by atomic mass is 32.2. The standard InChI is InChI=1S/C20H26FN7O2S/c1-19(2)18(22)26-20(3,12-27(4)31(19,29)30)14-11-13(5-6-15(14)21)25-16-17-24-8-10-28(17)9-7-23-16/h5-11,18,26H,12,22H2,1-4H3,(H,23,25)/t18?,20-/m0/s1. The van der Waals surface area contributed by atoms with Gasteiger partial charge in [0.25, 0.3) is 0 Å². The molecule has 1 aliphatic rings. The molecule has 11 heteroatoms. The number of rotatable bonds is 3. The monoisotopic (exact) mass is 447 g/mol. The molecule has 4 rings (SSSR count). The first-order valence-corrected chi connectivity index (χ1v) is 11.2. The normalized spacial score (nSPS) is 25.9. The molecule has 0 amide bonds. The third kappa shape index (κ3) is 3.47. The average molecular weight is 448 g/mol. The van der Waals surface area contributed by atoms with Crippen LogP contribution in [-0.2, 0) is 15.6 Å². The van der Waals surface area contributed by atoms with Crippen molar-refractivity contribution in [3.05, 3.63) is 54.4 Å². The van der Waals surface area contributed by atoms with Crippen LogP contribution in [0.1, 0.15) is 26.3 Å². The summed E-state index contributed by atoms with van der Waals surface area (Å²) in [4.78, 5) is 8.61. The fraction of sp³-hybridized carbons (Fsp3) is 0.400. The van der Waals surface area contributed by atoms with Gasteiger partial charge in [0.1, 0.15) is 10.6 Å². The highest BCUT2D eigenvalue weighted by Crippen LogP contribution is 2.35. The smallest absolute Gasteiger partial charge is 0.221 e. The van der Waals surface area contributed by atoms with Crippen molar-refractivity contribution >= 4 is 27.2 Å². The van der Waals surface area contributed by atoms with Crippen LogP contribution in [-0.4, -0.2) is 51.6 Å². The molecule has 3 heterocycles. The minimum Gasteiger partial charge on any atom is -0.337 e. The predicted molar refractivity (Wildman–Crippen MR) is 117 cm³/mol. The number of imidazole rings is 1. The van der Waals surface area contributed by atoms with Gasteiger partial charge in [-0.25, -0.2) is 27.1 Å². The predicted octanol–water partition coefficient (Wildman–Crippen LogP) is 1.76. The summed E-state index contributed by atoms with van der Waals surface area (Å²) in [5.41, 5.74) is 6.69. The number of nitrogens with one attached hydrogen (secondary N) is 2. The Morgan fingerprint density at radius 3 is 2.61 bits per heavy atom. The molecule has 1 saturated heterocycles. The molecule has 0 saturated carbocycles. The van der Waals surface area contributed by atoms with E-state index in [1.165, 1.54) is 17.4 Å². The molecule has 2 aromatic heterocycles. The van der Waals surface area contributed by atoms with Gasteiger partial charge in [0.15, 0.2) is 11.5 Å². The number of benzene rings is 1. The van der Waals surface area contributed by atoms with Crippen LogP contribution in [0.3, 0.4) is 0 Å². The Bertz CT molecular complexity index is 1240. The molecule has 1 aromatic carbocycles. The van der Waals surface area contributed by atoms with Crippen molar-refractivity contribution in [1.29, 1.82) is 0 Å². The second-order valence-corrected chi connectivity index (χ2v) is 11.2. The summed E-state index contributed by atoms with van der Waals surface area (Å²) in [7, 11) is -2.22. The Balaban J connectivity index is 1.75. The van der Waals surface area contributed by atoms with Gasteiger partial charge < -0.3 is 15.5 Å². The van der Waals surface area contributed by atoms with Gasteiger partial charge in [0, 0.05) is 49.6 Å². The largest absolute Gasteiger partial charge is 0.337 e. The third-order valence-electron chi connectivity index (χ3n) is 5.97. The molecule has 1 fully saturated rings. The van der Waals surface area contributed by atoms with Gasteiger partial charge in [0.2, 0.25) is 10.0 Å². The van der Waals surface area contributed by atoms with Crippen molar-refractivity contribution in [2.75, 3.05) is 18.9 Å². The Kier molecular flexibility index (Phi) is 5.04. The second-order valence-electron chi connectivity index (χ2n) is 8.57. The minimum atomic E-state index is -3.71. The van der Waals surface area contributed by atoms with E-state index in [-0.39, 0.29) is 6.54 Å². The van der Waals surface area contributed by atoms with Crippen molar-refractivity contribution in [1.82, 2.24) is 24.0 Å². The van der Waals surface area contributed by atoms with Gasteiger partial charge in [-0.05, 0) is 39.0 Å². The van der Waals surface area contributed by atoms with E-state index in [1.54, 1.807) is 57.7 Å². The second kappa shape index (κ2) is 7.23. The maximum absolute atomic E-state index is 15.0. The van der Waals surface area contributed by atoms with Crippen LogP contribution < -0.4 is 16.4 Å². The SMILES string of the molecule is CN1C[C@@](C)(c2cc(Nc3nccn4ccnc34)ccc2F)NC(N)C(C)(C)S1(=O)=O. The van der Waals surface area contributed by atoms with Crippen molar-refractivity contribution < 1.29 is 12.8 Å². The van der Waals surface area contributed by atoms with E-state index in [0.717, 1.165) is 0 Å². The molecular formula is C20H26FN7O2S. The number of nitrogens with zero attached hydrogens (tertiary/aromatic N) is 4. The van der Waals surface area contributed by atoms with E-state index in [4.69, 9.17) is 5.73 Å². The Morgan fingerprint density at radius 1 is 1.23 bits per heavy atom. The van der Waals surface area contributed by atoms with Crippen molar-refractivity contribution in [3.63, 3.8) is 0 Å². The van der Waals surface area contributed by atoms with Crippen LogP contribution in [0, 0.1) is 5.82 Å². The van der Waals surface area contributed by atoms with E-state index >= 15 is 4.39 Å². The maximum Gasteiger partial charge on any atom is 0.221 e. The summed E-state index contributed by atoms with van der Waals surface area (Å²) in [6, 6.07) is 4.58. The average Bonchev–Trinajstić information content (AvgIpc) is 3.17. The van der Waals surface area contributed by atoms with E-state index in [2.05, 4.69) is 20.6 Å². The number of hydrogen-bond acceptors (Lipinski definition) is 7. The molecule has 0 bridgehead atoms. The van der Waals surface area contributed by atoms with E-state index in [0.29, 0.717) is 22.7 Å². The molecule has 166 valence electrons. The molecule has 0 radical (unpaired) electrons. The van der Waals surface area contributed by atoms with Crippen molar-refractivity contribution in [3.8, 4) is 0 Å². The lowest BCUT2D eigenvalue weighted by molar-refractivity contribution is 0.265. The number of sulfonamides is 1. The number of aromatic nitrogens is 3. The molecule has 3 aromatic rings. The molecule has 1 aliphatic heterocycles. The zero-order valence-corrected chi connectivity index (χ0v) is 18.6. The number of hydrogen-bond donors (Lipinski definition) is 3. The van der Waals surface area contributed by atoms with Crippen LogP contribution in [0.5, 0.6) is 0 Å². The van der Waals surface area contributed by atoms with E-state index < -0.39 is 32.3 Å². The summed E-state index contributed by atoms with van der Waals surface area (Å²) in [5, 5.41) is 6.34. The number of nitrogens with two attached hydrogens (primary N) is 1. The molecule has 2 atom stereocenters. The van der Waals surface area contributed by atoms with Crippen LogP contribution in [0.2, 0.25) is 0 Å². The minimum absolute atomic E-state index is 0.0148. The van der Waals surface area contributed by atoms with Crippen LogP contribution in [0.4, 0.5) is 15.9 Å². The van der Waals surface area contributed by atoms with Crippen LogP contribution in [0.15, 0.2) is 43.0 Å². The van der Waals surface area contributed by atoms with Crippen molar-refractivity contribution in [2.24, 2.45) is 5.73 Å². The quantitative estimate of drug-likeness (QED) is 0.560.